The highest BCUT2D eigenvalue weighted by Gasteiger charge is 2.24. The molecule has 0 aliphatic heterocycles. The monoisotopic (exact) mass is 286 g/mol. The Balaban J connectivity index is 2.39. The SMILES string of the molecule is Cc1ccc2cccc(C(=O)NC(C(=O)O)C(C)C)c2n1. The van der Waals surface area contributed by atoms with Crippen LogP contribution in [-0.2, 0) is 4.79 Å². The number of fused-ring (bicyclic) bond motifs is 1. The molecule has 0 saturated heterocycles. The number of nitrogens with one attached hydrogen (secondary N) is 1. The highest BCUT2D eigenvalue weighted by atomic mass is 16.4. The molecule has 2 N–H and O–H groups in total. The molecule has 0 aliphatic carbocycles. The molecule has 0 fully saturated rings. The summed E-state index contributed by atoms with van der Waals surface area (Å²) in [6.45, 7) is 5.36. The van der Waals surface area contributed by atoms with Gasteiger partial charge >= 0.3 is 5.97 Å². The summed E-state index contributed by atoms with van der Waals surface area (Å²) in [5.74, 6) is -1.65. The van der Waals surface area contributed by atoms with Crippen molar-refractivity contribution >= 4 is 22.8 Å². The highest BCUT2D eigenvalue weighted by Crippen LogP contribution is 2.17. The predicted molar refractivity (Wildman–Crippen MR) is 80.2 cm³/mol. The predicted octanol–water partition coefficient (Wildman–Crippen LogP) is 2.38. The lowest BCUT2D eigenvalue weighted by Gasteiger charge is -2.18. The first-order valence-corrected chi connectivity index (χ1v) is 6.80. The second kappa shape index (κ2) is 5.91. The number of para-hydroxylation sites is 1. The van der Waals surface area contributed by atoms with Crippen molar-refractivity contribution in [2.24, 2.45) is 5.92 Å². The molecule has 2 rings (SSSR count). The molecule has 0 radical (unpaired) electrons. The Kier molecular flexibility index (Phi) is 4.21. The van der Waals surface area contributed by atoms with Crippen LogP contribution in [0.4, 0.5) is 0 Å². The van der Waals surface area contributed by atoms with Gasteiger partial charge in [-0.1, -0.05) is 32.0 Å². The number of rotatable bonds is 4. The number of hydrogen-bond acceptors (Lipinski definition) is 3. The van der Waals surface area contributed by atoms with Crippen LogP contribution in [0.1, 0.15) is 29.9 Å². The molecule has 5 heteroatoms. The fourth-order valence-electron chi connectivity index (χ4n) is 2.16. The van der Waals surface area contributed by atoms with Gasteiger partial charge in [0.15, 0.2) is 0 Å². The number of nitrogens with zero attached hydrogens (tertiary/aromatic N) is 1. The van der Waals surface area contributed by atoms with Gasteiger partial charge in [0.25, 0.3) is 5.91 Å². The van der Waals surface area contributed by atoms with Crippen molar-refractivity contribution in [3.63, 3.8) is 0 Å². The van der Waals surface area contributed by atoms with E-state index in [1.165, 1.54) is 0 Å². The highest BCUT2D eigenvalue weighted by molar-refractivity contribution is 6.06. The first-order valence-electron chi connectivity index (χ1n) is 6.80. The van der Waals surface area contributed by atoms with Gasteiger partial charge in [0.1, 0.15) is 6.04 Å². The summed E-state index contributed by atoms with van der Waals surface area (Å²) in [6.07, 6.45) is 0. The minimum Gasteiger partial charge on any atom is -0.480 e. The first-order chi connectivity index (χ1) is 9.90. The molecule has 1 heterocycles. The summed E-state index contributed by atoms with van der Waals surface area (Å²) in [5.41, 5.74) is 1.78. The topological polar surface area (TPSA) is 79.3 Å². The summed E-state index contributed by atoms with van der Waals surface area (Å²) in [4.78, 5) is 28.0. The first kappa shape index (κ1) is 15.0. The lowest BCUT2D eigenvalue weighted by Crippen LogP contribution is -2.44. The van der Waals surface area contributed by atoms with Crippen molar-refractivity contribution in [3.05, 3.63) is 41.6 Å². The number of carboxylic acid groups (broad SMARTS) is 1. The number of carboxylic acids is 1. The molecule has 0 saturated carbocycles. The van der Waals surface area contributed by atoms with E-state index >= 15 is 0 Å². The fraction of sp³-hybridized carbons (Fsp3) is 0.312. The second-order valence-corrected chi connectivity index (χ2v) is 5.36. The smallest absolute Gasteiger partial charge is 0.326 e. The van der Waals surface area contributed by atoms with E-state index in [2.05, 4.69) is 10.3 Å². The molecule has 21 heavy (non-hydrogen) atoms. The van der Waals surface area contributed by atoms with E-state index in [1.54, 1.807) is 26.0 Å². The standard InChI is InChI=1S/C16H18N2O3/c1-9(2)13(16(20)21)18-15(19)12-6-4-5-11-8-7-10(3)17-14(11)12/h4-9,13H,1-3H3,(H,18,19)(H,20,21). The molecule has 2 aromatic rings. The molecule has 0 bridgehead atoms. The number of hydrogen-bond donors (Lipinski definition) is 2. The number of aliphatic carboxylic acids is 1. The van der Waals surface area contributed by atoms with Crippen LogP contribution in [0.3, 0.4) is 0 Å². The lowest BCUT2D eigenvalue weighted by atomic mass is 10.0. The summed E-state index contributed by atoms with van der Waals surface area (Å²) >= 11 is 0. The molecule has 1 amide bonds. The maximum absolute atomic E-state index is 12.4. The van der Waals surface area contributed by atoms with Crippen LogP contribution >= 0.6 is 0 Å². The van der Waals surface area contributed by atoms with Gasteiger partial charge in [0.05, 0.1) is 11.1 Å². The largest absolute Gasteiger partial charge is 0.480 e. The van der Waals surface area contributed by atoms with Crippen LogP contribution in [0.25, 0.3) is 10.9 Å². The Labute approximate surface area is 123 Å². The summed E-state index contributed by atoms with van der Waals surface area (Å²) in [5, 5.41) is 12.6. The Morgan fingerprint density at radius 3 is 2.52 bits per heavy atom. The Morgan fingerprint density at radius 1 is 1.19 bits per heavy atom. The molecule has 0 aliphatic rings. The van der Waals surface area contributed by atoms with Gasteiger partial charge in [-0.2, -0.15) is 0 Å². The molecule has 1 unspecified atom stereocenters. The van der Waals surface area contributed by atoms with Crippen molar-refractivity contribution in [3.8, 4) is 0 Å². The van der Waals surface area contributed by atoms with E-state index in [4.69, 9.17) is 5.11 Å². The summed E-state index contributed by atoms with van der Waals surface area (Å²) in [6, 6.07) is 8.14. The van der Waals surface area contributed by atoms with Crippen LogP contribution < -0.4 is 5.32 Å². The van der Waals surface area contributed by atoms with Crippen LogP contribution in [-0.4, -0.2) is 28.0 Å². The number of carbonyl (C=O) groups is 2. The minimum atomic E-state index is -1.04. The maximum Gasteiger partial charge on any atom is 0.326 e. The third kappa shape index (κ3) is 3.18. The van der Waals surface area contributed by atoms with Gasteiger partial charge in [-0.05, 0) is 25.0 Å². The minimum absolute atomic E-state index is 0.198. The number of carbonyl (C=O) groups excluding carboxylic acids is 1. The van der Waals surface area contributed by atoms with Crippen molar-refractivity contribution in [2.45, 2.75) is 26.8 Å². The third-order valence-electron chi connectivity index (χ3n) is 3.32. The zero-order chi connectivity index (χ0) is 15.6. The van der Waals surface area contributed by atoms with Crippen molar-refractivity contribution < 1.29 is 14.7 Å². The average molecular weight is 286 g/mol. The molecular formula is C16H18N2O3. The van der Waals surface area contributed by atoms with Crippen molar-refractivity contribution in [1.29, 1.82) is 0 Å². The number of benzene rings is 1. The van der Waals surface area contributed by atoms with E-state index in [9.17, 15) is 9.59 Å². The van der Waals surface area contributed by atoms with Gasteiger partial charge < -0.3 is 10.4 Å². The Hall–Kier alpha value is -2.43. The third-order valence-corrected chi connectivity index (χ3v) is 3.32. The number of amides is 1. The Morgan fingerprint density at radius 2 is 1.90 bits per heavy atom. The van der Waals surface area contributed by atoms with E-state index in [-0.39, 0.29) is 5.92 Å². The molecule has 1 aromatic carbocycles. The zero-order valence-electron chi connectivity index (χ0n) is 12.3. The molecule has 1 aromatic heterocycles. The normalized spacial score (nSPS) is 12.4. The van der Waals surface area contributed by atoms with Crippen molar-refractivity contribution in [2.75, 3.05) is 0 Å². The zero-order valence-corrected chi connectivity index (χ0v) is 12.3. The second-order valence-electron chi connectivity index (χ2n) is 5.36. The number of aromatic nitrogens is 1. The Bertz CT molecular complexity index is 695. The fourth-order valence-corrected chi connectivity index (χ4v) is 2.16. The molecule has 110 valence electrons. The van der Waals surface area contributed by atoms with Crippen molar-refractivity contribution in [1.82, 2.24) is 10.3 Å². The van der Waals surface area contributed by atoms with Gasteiger partial charge in [0, 0.05) is 11.1 Å². The van der Waals surface area contributed by atoms with E-state index in [0.29, 0.717) is 11.1 Å². The van der Waals surface area contributed by atoms with Gasteiger partial charge in [0.2, 0.25) is 0 Å². The summed E-state index contributed by atoms with van der Waals surface area (Å²) < 4.78 is 0. The molecule has 1 atom stereocenters. The van der Waals surface area contributed by atoms with Crippen LogP contribution in [0.15, 0.2) is 30.3 Å². The maximum atomic E-state index is 12.4. The lowest BCUT2D eigenvalue weighted by molar-refractivity contribution is -0.140. The van der Waals surface area contributed by atoms with Gasteiger partial charge in [-0.25, -0.2) is 4.79 Å². The van der Waals surface area contributed by atoms with Crippen LogP contribution in [0.5, 0.6) is 0 Å². The van der Waals surface area contributed by atoms with Crippen LogP contribution in [0, 0.1) is 12.8 Å². The number of aryl methyl sites for hydroxylation is 1. The average Bonchev–Trinajstić information content (AvgIpc) is 2.43. The molecular weight excluding hydrogens is 268 g/mol. The van der Waals surface area contributed by atoms with Gasteiger partial charge in [-0.15, -0.1) is 0 Å². The van der Waals surface area contributed by atoms with E-state index in [1.807, 2.05) is 25.1 Å². The molecule has 0 spiro atoms. The number of pyridine rings is 1. The summed E-state index contributed by atoms with van der Waals surface area (Å²) in [7, 11) is 0. The van der Waals surface area contributed by atoms with Crippen LogP contribution in [0.2, 0.25) is 0 Å². The molecule has 5 nitrogen and oxygen atoms in total. The van der Waals surface area contributed by atoms with Gasteiger partial charge in [-0.3, -0.25) is 9.78 Å². The quantitative estimate of drug-likeness (QED) is 0.904. The van der Waals surface area contributed by atoms with E-state index < -0.39 is 17.9 Å². The van der Waals surface area contributed by atoms with E-state index in [0.717, 1.165) is 11.1 Å².